The Labute approximate surface area is 191 Å². The Balaban J connectivity index is 1.89. The summed E-state index contributed by atoms with van der Waals surface area (Å²) in [4.78, 5) is 49.5. The monoisotopic (exact) mass is 443 g/mol. The summed E-state index contributed by atoms with van der Waals surface area (Å²) in [6.07, 6.45) is 4.53. The van der Waals surface area contributed by atoms with E-state index >= 15 is 0 Å². The smallest absolute Gasteiger partial charge is 0.256 e. The molecule has 1 aromatic rings. The molecular formula is C24H37N5O3. The predicted octanol–water partition coefficient (Wildman–Crippen LogP) is 1.63. The lowest BCUT2D eigenvalue weighted by Crippen LogP contribution is -2.48. The van der Waals surface area contributed by atoms with Crippen molar-refractivity contribution in [1.82, 2.24) is 25.0 Å². The summed E-state index contributed by atoms with van der Waals surface area (Å²) in [5.41, 5.74) is 0.467. The van der Waals surface area contributed by atoms with Gasteiger partial charge in [-0.3, -0.25) is 19.4 Å². The van der Waals surface area contributed by atoms with Crippen LogP contribution in [0.4, 0.5) is 0 Å². The van der Waals surface area contributed by atoms with Crippen molar-refractivity contribution in [3.63, 3.8) is 0 Å². The molecule has 2 aliphatic rings. The fourth-order valence-electron chi connectivity index (χ4n) is 4.57. The number of rotatable bonds is 6. The number of pyridine rings is 1. The maximum absolute atomic E-state index is 13.6. The van der Waals surface area contributed by atoms with E-state index in [1.165, 1.54) is 6.20 Å². The van der Waals surface area contributed by atoms with Crippen LogP contribution in [0.25, 0.3) is 0 Å². The number of hydrogen-bond donors (Lipinski definition) is 1. The first-order chi connectivity index (χ1) is 15.3. The first kappa shape index (κ1) is 24.2. The van der Waals surface area contributed by atoms with Gasteiger partial charge >= 0.3 is 0 Å². The van der Waals surface area contributed by atoms with E-state index in [1.807, 2.05) is 23.6 Å². The van der Waals surface area contributed by atoms with Gasteiger partial charge in [0.2, 0.25) is 11.8 Å². The van der Waals surface area contributed by atoms with Crippen LogP contribution in [-0.2, 0) is 9.59 Å². The molecule has 32 heavy (non-hydrogen) atoms. The van der Waals surface area contributed by atoms with Crippen LogP contribution in [0.5, 0.6) is 0 Å². The first-order valence-corrected chi connectivity index (χ1v) is 11.8. The molecule has 2 saturated heterocycles. The molecule has 8 heteroatoms. The van der Waals surface area contributed by atoms with Crippen LogP contribution in [0.1, 0.15) is 50.9 Å². The normalized spacial score (nSPS) is 21.7. The van der Waals surface area contributed by atoms with Gasteiger partial charge in [-0.05, 0) is 37.4 Å². The summed E-state index contributed by atoms with van der Waals surface area (Å²) in [5.74, 6) is 0.0159. The molecule has 3 rings (SSSR count). The van der Waals surface area contributed by atoms with Crippen LogP contribution in [0, 0.1) is 11.8 Å². The Morgan fingerprint density at radius 2 is 1.97 bits per heavy atom. The van der Waals surface area contributed by atoms with E-state index in [2.05, 4.69) is 24.1 Å². The van der Waals surface area contributed by atoms with Gasteiger partial charge in [-0.25, -0.2) is 0 Å². The Bertz CT molecular complexity index is 790. The predicted molar refractivity (Wildman–Crippen MR) is 123 cm³/mol. The van der Waals surface area contributed by atoms with Gasteiger partial charge in [-0.2, -0.15) is 0 Å². The van der Waals surface area contributed by atoms with Crippen LogP contribution < -0.4 is 5.32 Å². The number of carbonyl (C=O) groups is 3. The van der Waals surface area contributed by atoms with Crippen molar-refractivity contribution < 1.29 is 14.4 Å². The molecule has 1 aromatic heterocycles. The number of likely N-dealkylation sites (tertiary alicyclic amines) is 1. The van der Waals surface area contributed by atoms with Crippen molar-refractivity contribution in [3.8, 4) is 0 Å². The number of hydrogen-bond acceptors (Lipinski definition) is 5. The Hall–Kier alpha value is -2.48. The van der Waals surface area contributed by atoms with Gasteiger partial charge in [0.15, 0.2) is 0 Å². The van der Waals surface area contributed by atoms with Gasteiger partial charge in [-0.1, -0.05) is 27.7 Å². The molecular weight excluding hydrogens is 406 g/mol. The number of nitrogens with zero attached hydrogens (tertiary/aromatic N) is 4. The molecule has 2 aliphatic heterocycles. The highest BCUT2D eigenvalue weighted by atomic mass is 16.2. The third-order valence-corrected chi connectivity index (χ3v) is 6.16. The van der Waals surface area contributed by atoms with E-state index in [4.69, 9.17) is 0 Å². The second kappa shape index (κ2) is 10.9. The highest BCUT2D eigenvalue weighted by Gasteiger charge is 2.44. The Kier molecular flexibility index (Phi) is 8.23. The third kappa shape index (κ3) is 5.65. The topological polar surface area (TPSA) is 85.9 Å². The maximum Gasteiger partial charge on any atom is 0.256 e. The van der Waals surface area contributed by atoms with Gasteiger partial charge in [0.05, 0.1) is 11.6 Å². The van der Waals surface area contributed by atoms with E-state index in [9.17, 15) is 14.4 Å². The van der Waals surface area contributed by atoms with Crippen molar-refractivity contribution >= 4 is 17.7 Å². The molecule has 2 atom stereocenters. The van der Waals surface area contributed by atoms with Crippen molar-refractivity contribution in [1.29, 1.82) is 0 Å². The van der Waals surface area contributed by atoms with Crippen molar-refractivity contribution in [2.24, 2.45) is 11.8 Å². The summed E-state index contributed by atoms with van der Waals surface area (Å²) in [6, 6.07) is 2.71. The Morgan fingerprint density at radius 1 is 1.19 bits per heavy atom. The van der Waals surface area contributed by atoms with Gasteiger partial charge in [-0.15, -0.1) is 0 Å². The average Bonchev–Trinajstić information content (AvgIpc) is 3.03. The molecule has 2 fully saturated rings. The molecule has 0 aromatic carbocycles. The lowest BCUT2D eigenvalue weighted by molar-refractivity contribution is -0.138. The summed E-state index contributed by atoms with van der Waals surface area (Å²) < 4.78 is 0. The van der Waals surface area contributed by atoms with E-state index < -0.39 is 6.04 Å². The minimum absolute atomic E-state index is 0.0186. The highest BCUT2D eigenvalue weighted by Crippen LogP contribution is 2.28. The van der Waals surface area contributed by atoms with E-state index in [1.54, 1.807) is 23.2 Å². The summed E-state index contributed by atoms with van der Waals surface area (Å²) in [5, 5.41) is 3.32. The zero-order valence-corrected chi connectivity index (χ0v) is 19.8. The van der Waals surface area contributed by atoms with E-state index in [0.717, 1.165) is 19.5 Å². The van der Waals surface area contributed by atoms with Crippen molar-refractivity contribution in [2.45, 2.75) is 52.6 Å². The van der Waals surface area contributed by atoms with Crippen LogP contribution in [0.2, 0.25) is 0 Å². The summed E-state index contributed by atoms with van der Waals surface area (Å²) >= 11 is 0. The largest absolute Gasteiger partial charge is 0.340 e. The minimum Gasteiger partial charge on any atom is -0.340 e. The SMILES string of the molecule is CC(C)CN(C(=O)C(C)C)C1CC(C(=O)N2CCCNCC2)N(C(=O)c2cccnc2)C1. The first-order valence-electron chi connectivity index (χ1n) is 11.8. The molecule has 2 unspecified atom stereocenters. The van der Waals surface area contributed by atoms with E-state index in [0.29, 0.717) is 44.1 Å². The van der Waals surface area contributed by atoms with Gasteiger partial charge in [0.25, 0.3) is 5.91 Å². The zero-order chi connectivity index (χ0) is 23.3. The van der Waals surface area contributed by atoms with Crippen molar-refractivity contribution in [3.05, 3.63) is 30.1 Å². The molecule has 0 radical (unpaired) electrons. The second-order valence-electron chi connectivity index (χ2n) is 9.57. The van der Waals surface area contributed by atoms with Crippen molar-refractivity contribution in [2.75, 3.05) is 39.3 Å². The minimum atomic E-state index is -0.569. The van der Waals surface area contributed by atoms with Gasteiger partial charge < -0.3 is 20.0 Å². The third-order valence-electron chi connectivity index (χ3n) is 6.16. The van der Waals surface area contributed by atoms with Crippen LogP contribution in [0.15, 0.2) is 24.5 Å². The molecule has 3 heterocycles. The Morgan fingerprint density at radius 3 is 2.62 bits per heavy atom. The zero-order valence-electron chi connectivity index (χ0n) is 19.8. The molecule has 176 valence electrons. The average molecular weight is 444 g/mol. The van der Waals surface area contributed by atoms with Crippen LogP contribution in [-0.4, -0.2) is 88.8 Å². The molecule has 0 aliphatic carbocycles. The van der Waals surface area contributed by atoms with Gasteiger partial charge in [0, 0.05) is 51.0 Å². The molecule has 0 bridgehead atoms. The lowest BCUT2D eigenvalue weighted by atomic mass is 10.0. The molecule has 3 amide bonds. The molecule has 0 spiro atoms. The standard InChI is InChI=1S/C24H37N5O3/c1-17(2)15-28(22(30)18(3)4)20-13-21(24(32)27-11-6-9-25-10-12-27)29(16-20)23(31)19-7-5-8-26-14-19/h5,7-8,14,17-18,20-21,25H,6,9-13,15-16H2,1-4H3. The molecule has 0 saturated carbocycles. The number of carbonyl (C=O) groups excluding carboxylic acids is 3. The summed E-state index contributed by atoms with van der Waals surface area (Å²) in [6.45, 7) is 11.9. The van der Waals surface area contributed by atoms with E-state index in [-0.39, 0.29) is 29.7 Å². The highest BCUT2D eigenvalue weighted by molar-refractivity contribution is 5.98. The fraction of sp³-hybridized carbons (Fsp3) is 0.667. The maximum atomic E-state index is 13.6. The number of aromatic nitrogens is 1. The lowest BCUT2D eigenvalue weighted by Gasteiger charge is -2.32. The van der Waals surface area contributed by atoms with Gasteiger partial charge in [0.1, 0.15) is 6.04 Å². The molecule has 1 N–H and O–H groups in total. The number of amides is 3. The summed E-state index contributed by atoms with van der Waals surface area (Å²) in [7, 11) is 0. The van der Waals surface area contributed by atoms with Crippen LogP contribution >= 0.6 is 0 Å². The second-order valence-corrected chi connectivity index (χ2v) is 9.57. The fourth-order valence-corrected chi connectivity index (χ4v) is 4.57. The molecule has 8 nitrogen and oxygen atoms in total. The quantitative estimate of drug-likeness (QED) is 0.722. The van der Waals surface area contributed by atoms with Crippen LogP contribution in [0.3, 0.4) is 0 Å². The number of nitrogens with one attached hydrogen (secondary N) is 1.